The first-order valence-electron chi connectivity index (χ1n) is 9.82. The molecule has 0 atom stereocenters. The molecule has 0 aliphatic carbocycles. The Kier molecular flexibility index (Phi) is 8.21. The van der Waals surface area contributed by atoms with Crippen LogP contribution in [0.4, 0.5) is 0 Å². The number of ether oxygens (including phenoxy) is 2. The highest BCUT2D eigenvalue weighted by molar-refractivity contribution is 6.01. The topological polar surface area (TPSA) is 77.8 Å². The second kappa shape index (κ2) is 10.6. The molecule has 0 aliphatic rings. The molecule has 1 N–H and O–H groups in total. The fourth-order valence-corrected chi connectivity index (χ4v) is 3.44. The molecule has 1 aromatic heterocycles. The summed E-state index contributed by atoms with van der Waals surface area (Å²) in [5.74, 6) is -1.25. The average Bonchev–Trinajstić information content (AvgIpc) is 3.05. The summed E-state index contributed by atoms with van der Waals surface area (Å²) in [4.78, 5) is 26.0. The highest BCUT2D eigenvalue weighted by Crippen LogP contribution is 2.35. The van der Waals surface area contributed by atoms with Crippen LogP contribution >= 0.6 is 0 Å². The number of rotatable bonds is 11. The molecule has 0 bridgehead atoms. The maximum atomic E-state index is 13.0. The van der Waals surface area contributed by atoms with Crippen LogP contribution in [0.1, 0.15) is 25.8 Å². The molecule has 6 nitrogen and oxygen atoms in total. The number of benzene rings is 1. The molecule has 2 rings (SSSR count). The Hall–Kier alpha value is -2.86. The van der Waals surface area contributed by atoms with E-state index in [1.54, 1.807) is 26.0 Å². The summed E-state index contributed by atoms with van der Waals surface area (Å²) in [6.07, 6.45) is 7.07. The third-order valence-electron chi connectivity index (χ3n) is 4.76. The standard InChI is InChI=1S/C23H29NO5/c1-4-14-24-17-18(19-11-7-8-12-20(19)24)16-23(13-9-10-15-25,21(26)28-5-2)22(27)29-6-3/h4,7-12,17,25H,1,5-6,13-16H2,2-3H3/b10-9-. The van der Waals surface area contributed by atoms with Crippen molar-refractivity contribution in [2.24, 2.45) is 5.41 Å². The van der Waals surface area contributed by atoms with Gasteiger partial charge in [0.25, 0.3) is 0 Å². The third kappa shape index (κ3) is 4.95. The molecule has 0 amide bonds. The van der Waals surface area contributed by atoms with Gasteiger partial charge in [0.15, 0.2) is 5.41 Å². The number of esters is 2. The van der Waals surface area contributed by atoms with E-state index in [0.717, 1.165) is 16.5 Å². The number of aliphatic hydroxyl groups excluding tert-OH is 1. The molecule has 1 heterocycles. The highest BCUT2D eigenvalue weighted by Gasteiger charge is 2.48. The minimum Gasteiger partial charge on any atom is -0.465 e. The van der Waals surface area contributed by atoms with E-state index in [0.29, 0.717) is 6.54 Å². The number of aliphatic hydroxyl groups is 1. The zero-order valence-corrected chi connectivity index (χ0v) is 17.1. The largest absolute Gasteiger partial charge is 0.465 e. The smallest absolute Gasteiger partial charge is 0.324 e. The van der Waals surface area contributed by atoms with Crippen molar-refractivity contribution < 1.29 is 24.2 Å². The zero-order chi connectivity index (χ0) is 21.3. The molecule has 0 spiro atoms. The van der Waals surface area contributed by atoms with Crippen molar-refractivity contribution in [3.63, 3.8) is 0 Å². The summed E-state index contributed by atoms with van der Waals surface area (Å²) in [5.41, 5.74) is 0.316. The van der Waals surface area contributed by atoms with E-state index in [-0.39, 0.29) is 32.7 Å². The zero-order valence-electron chi connectivity index (χ0n) is 17.1. The fourth-order valence-electron chi connectivity index (χ4n) is 3.44. The SMILES string of the molecule is C=CCn1cc(CC(C/C=C\CO)(C(=O)OCC)C(=O)OCC)c2ccccc21. The van der Waals surface area contributed by atoms with Crippen molar-refractivity contribution >= 4 is 22.8 Å². The van der Waals surface area contributed by atoms with Gasteiger partial charge in [0.05, 0.1) is 19.8 Å². The van der Waals surface area contributed by atoms with Crippen molar-refractivity contribution in [2.75, 3.05) is 19.8 Å². The molecular weight excluding hydrogens is 370 g/mol. The number of hydrogen-bond donors (Lipinski definition) is 1. The van der Waals surface area contributed by atoms with Crippen LogP contribution in [0, 0.1) is 5.41 Å². The number of para-hydroxylation sites is 1. The highest BCUT2D eigenvalue weighted by atomic mass is 16.6. The Bertz CT molecular complexity index is 863. The fraction of sp³-hybridized carbons (Fsp3) is 0.391. The Morgan fingerprint density at radius 1 is 1.14 bits per heavy atom. The van der Waals surface area contributed by atoms with Crippen molar-refractivity contribution in [1.82, 2.24) is 4.57 Å². The monoisotopic (exact) mass is 399 g/mol. The van der Waals surface area contributed by atoms with Crippen LogP contribution in [0.5, 0.6) is 0 Å². The molecule has 29 heavy (non-hydrogen) atoms. The Morgan fingerprint density at radius 3 is 2.38 bits per heavy atom. The van der Waals surface area contributed by atoms with Gasteiger partial charge in [0.1, 0.15) is 0 Å². The summed E-state index contributed by atoms with van der Waals surface area (Å²) in [7, 11) is 0. The van der Waals surface area contributed by atoms with Crippen LogP contribution in [-0.4, -0.2) is 41.4 Å². The predicted molar refractivity (Wildman–Crippen MR) is 112 cm³/mol. The quantitative estimate of drug-likeness (QED) is 0.356. The van der Waals surface area contributed by atoms with Gasteiger partial charge in [-0.05, 0) is 31.9 Å². The molecular formula is C23H29NO5. The van der Waals surface area contributed by atoms with E-state index in [1.165, 1.54) is 6.08 Å². The number of aromatic nitrogens is 1. The average molecular weight is 399 g/mol. The minimum absolute atomic E-state index is 0.0756. The van der Waals surface area contributed by atoms with Crippen LogP contribution in [0.15, 0.2) is 55.3 Å². The van der Waals surface area contributed by atoms with Crippen molar-refractivity contribution in [2.45, 2.75) is 33.2 Å². The van der Waals surface area contributed by atoms with Gasteiger partial charge in [-0.15, -0.1) is 6.58 Å². The molecule has 0 saturated heterocycles. The maximum absolute atomic E-state index is 13.0. The molecule has 0 saturated carbocycles. The van der Waals surface area contributed by atoms with Crippen LogP contribution in [0.2, 0.25) is 0 Å². The summed E-state index contributed by atoms with van der Waals surface area (Å²) < 4.78 is 12.6. The maximum Gasteiger partial charge on any atom is 0.324 e. The van der Waals surface area contributed by atoms with E-state index in [2.05, 4.69) is 6.58 Å². The number of carbonyl (C=O) groups excluding carboxylic acids is 2. The lowest BCUT2D eigenvalue weighted by atomic mass is 9.78. The second-order valence-electron chi connectivity index (χ2n) is 6.67. The lowest BCUT2D eigenvalue weighted by Gasteiger charge is -2.28. The summed E-state index contributed by atoms with van der Waals surface area (Å²) >= 11 is 0. The molecule has 0 unspecified atom stereocenters. The van der Waals surface area contributed by atoms with E-state index < -0.39 is 17.4 Å². The number of nitrogens with zero attached hydrogens (tertiary/aromatic N) is 1. The number of carbonyl (C=O) groups is 2. The van der Waals surface area contributed by atoms with Crippen LogP contribution in [0.25, 0.3) is 10.9 Å². The minimum atomic E-state index is -1.53. The molecule has 156 valence electrons. The Labute approximate surface area is 171 Å². The lowest BCUT2D eigenvalue weighted by Crippen LogP contribution is -2.43. The first kappa shape index (κ1) is 22.4. The van der Waals surface area contributed by atoms with Gasteiger partial charge in [-0.3, -0.25) is 9.59 Å². The lowest BCUT2D eigenvalue weighted by molar-refractivity contribution is -0.171. The summed E-state index contributed by atoms with van der Waals surface area (Å²) in [5, 5.41) is 10.1. The van der Waals surface area contributed by atoms with Gasteiger partial charge in [-0.1, -0.05) is 36.4 Å². The molecule has 1 aromatic carbocycles. The molecule has 0 fully saturated rings. The van der Waals surface area contributed by atoms with Crippen molar-refractivity contribution in [1.29, 1.82) is 0 Å². The van der Waals surface area contributed by atoms with Crippen molar-refractivity contribution in [3.05, 3.63) is 60.8 Å². The van der Waals surface area contributed by atoms with E-state index in [9.17, 15) is 9.59 Å². The van der Waals surface area contributed by atoms with Crippen molar-refractivity contribution in [3.8, 4) is 0 Å². The number of allylic oxidation sites excluding steroid dienone is 2. The molecule has 0 aliphatic heterocycles. The van der Waals surface area contributed by atoms with E-state index in [4.69, 9.17) is 14.6 Å². The number of fused-ring (bicyclic) bond motifs is 1. The van der Waals surface area contributed by atoms with Gasteiger partial charge in [-0.2, -0.15) is 0 Å². The van der Waals surface area contributed by atoms with Gasteiger partial charge in [0, 0.05) is 30.1 Å². The second-order valence-corrected chi connectivity index (χ2v) is 6.67. The molecule has 2 aromatic rings. The summed E-state index contributed by atoms with van der Waals surface area (Å²) in [6, 6.07) is 7.82. The predicted octanol–water partition coefficient (Wildman–Crippen LogP) is 3.42. The van der Waals surface area contributed by atoms with Crippen LogP contribution in [-0.2, 0) is 32.0 Å². The first-order chi connectivity index (χ1) is 14.0. The van der Waals surface area contributed by atoms with Crippen LogP contribution in [0.3, 0.4) is 0 Å². The van der Waals surface area contributed by atoms with Gasteiger partial charge in [0.2, 0.25) is 0 Å². The van der Waals surface area contributed by atoms with Gasteiger partial charge in [-0.25, -0.2) is 0 Å². The molecule has 6 heteroatoms. The first-order valence-corrected chi connectivity index (χ1v) is 9.82. The normalized spacial score (nSPS) is 11.7. The van der Waals surface area contributed by atoms with E-state index >= 15 is 0 Å². The Balaban J connectivity index is 2.60. The van der Waals surface area contributed by atoms with E-state index in [1.807, 2.05) is 35.0 Å². The van der Waals surface area contributed by atoms with Crippen LogP contribution < -0.4 is 0 Å². The summed E-state index contributed by atoms with van der Waals surface area (Å²) in [6.45, 7) is 7.94. The van der Waals surface area contributed by atoms with Gasteiger partial charge < -0.3 is 19.1 Å². The Morgan fingerprint density at radius 2 is 1.79 bits per heavy atom. The molecule has 0 radical (unpaired) electrons. The van der Waals surface area contributed by atoms with Gasteiger partial charge >= 0.3 is 11.9 Å². The third-order valence-corrected chi connectivity index (χ3v) is 4.76. The number of hydrogen-bond acceptors (Lipinski definition) is 5.